The van der Waals surface area contributed by atoms with Gasteiger partial charge in [0.25, 0.3) is 0 Å². The van der Waals surface area contributed by atoms with Gasteiger partial charge in [0.05, 0.1) is 5.69 Å². The summed E-state index contributed by atoms with van der Waals surface area (Å²) in [5, 5.41) is 12.5. The van der Waals surface area contributed by atoms with Crippen LogP contribution in [0.25, 0.3) is 11.1 Å². The third-order valence-corrected chi connectivity index (χ3v) is 6.28. The van der Waals surface area contributed by atoms with Gasteiger partial charge in [-0.15, -0.1) is 11.3 Å². The molecule has 3 aromatic rings. The molecule has 1 aliphatic rings. The van der Waals surface area contributed by atoms with Crippen LogP contribution in [-0.4, -0.2) is 17.0 Å². The van der Waals surface area contributed by atoms with Crippen molar-refractivity contribution < 1.29 is 19.1 Å². The molecule has 1 amide bonds. The van der Waals surface area contributed by atoms with E-state index in [1.165, 1.54) is 6.07 Å². The Kier molecular flexibility index (Phi) is 4.57. The Morgan fingerprint density at radius 2 is 1.96 bits per heavy atom. The van der Waals surface area contributed by atoms with Gasteiger partial charge >= 0.3 is 5.97 Å². The Balaban J connectivity index is 1.97. The van der Waals surface area contributed by atoms with Gasteiger partial charge in [0.1, 0.15) is 10.7 Å². The van der Waals surface area contributed by atoms with E-state index in [-0.39, 0.29) is 17.2 Å². The third kappa shape index (κ3) is 3.17. The van der Waals surface area contributed by atoms with Crippen molar-refractivity contribution in [2.45, 2.75) is 12.3 Å². The summed E-state index contributed by atoms with van der Waals surface area (Å²) in [5.74, 6) is -2.29. The minimum atomic E-state index is -1.07. The van der Waals surface area contributed by atoms with E-state index in [0.717, 1.165) is 11.3 Å². The zero-order chi connectivity index (χ0) is 19.1. The van der Waals surface area contributed by atoms with E-state index in [1.807, 2.05) is 6.07 Å². The zero-order valence-electron chi connectivity index (χ0n) is 13.8. The van der Waals surface area contributed by atoms with E-state index in [1.54, 1.807) is 36.4 Å². The van der Waals surface area contributed by atoms with Crippen LogP contribution >= 0.6 is 27.3 Å². The maximum atomic E-state index is 14.5. The second-order valence-corrected chi connectivity index (χ2v) is 8.16. The molecule has 2 aromatic carbocycles. The van der Waals surface area contributed by atoms with Crippen molar-refractivity contribution in [1.29, 1.82) is 0 Å². The molecule has 1 aromatic heterocycles. The maximum absolute atomic E-state index is 14.5. The average Bonchev–Trinajstić information content (AvgIpc) is 3.03. The number of halogens is 2. The Labute approximate surface area is 166 Å². The molecule has 0 saturated heterocycles. The molecule has 1 aliphatic heterocycles. The highest BCUT2D eigenvalue weighted by Gasteiger charge is 2.35. The molecule has 0 fully saturated rings. The molecular weight excluding hydrogens is 433 g/mol. The SMILES string of the molecule is O=C1CC(c2cc(Br)ccc2F)c2sc(C(=O)O)c(-c3ccccc3)c2N1. The van der Waals surface area contributed by atoms with E-state index < -0.39 is 17.7 Å². The molecular formula is C20H13BrFNO3S. The number of benzene rings is 2. The lowest BCUT2D eigenvalue weighted by atomic mass is 9.88. The normalized spacial score (nSPS) is 15.9. The predicted molar refractivity (Wildman–Crippen MR) is 106 cm³/mol. The molecule has 4 nitrogen and oxygen atoms in total. The van der Waals surface area contributed by atoms with Crippen molar-refractivity contribution in [2.75, 3.05) is 5.32 Å². The molecule has 0 radical (unpaired) electrons. The lowest BCUT2D eigenvalue weighted by Crippen LogP contribution is -2.23. The first kappa shape index (κ1) is 17.9. The van der Waals surface area contributed by atoms with E-state index in [9.17, 15) is 19.1 Å². The summed E-state index contributed by atoms with van der Waals surface area (Å²) >= 11 is 4.43. The molecule has 0 spiro atoms. The topological polar surface area (TPSA) is 66.4 Å². The van der Waals surface area contributed by atoms with Crippen LogP contribution < -0.4 is 5.32 Å². The van der Waals surface area contributed by atoms with Crippen molar-refractivity contribution in [1.82, 2.24) is 0 Å². The largest absolute Gasteiger partial charge is 0.477 e. The first-order valence-electron chi connectivity index (χ1n) is 8.16. The van der Waals surface area contributed by atoms with Crippen molar-refractivity contribution in [3.8, 4) is 11.1 Å². The van der Waals surface area contributed by atoms with Crippen LogP contribution in [0.4, 0.5) is 10.1 Å². The second-order valence-electron chi connectivity index (χ2n) is 6.19. The Morgan fingerprint density at radius 3 is 2.67 bits per heavy atom. The lowest BCUT2D eigenvalue weighted by Gasteiger charge is -2.24. The number of hydrogen-bond donors (Lipinski definition) is 2. The highest BCUT2D eigenvalue weighted by Crippen LogP contribution is 2.49. The summed E-state index contributed by atoms with van der Waals surface area (Å²) in [7, 11) is 0. The Hall–Kier alpha value is -2.51. The van der Waals surface area contributed by atoms with Gasteiger partial charge in [-0.1, -0.05) is 46.3 Å². The van der Waals surface area contributed by atoms with Gasteiger partial charge in [-0.3, -0.25) is 4.79 Å². The van der Waals surface area contributed by atoms with Crippen molar-refractivity contribution in [3.63, 3.8) is 0 Å². The van der Waals surface area contributed by atoms with Crippen LogP contribution in [0.5, 0.6) is 0 Å². The Morgan fingerprint density at radius 1 is 1.22 bits per heavy atom. The number of aromatic carboxylic acids is 1. The number of rotatable bonds is 3. The van der Waals surface area contributed by atoms with E-state index in [0.29, 0.717) is 31.7 Å². The number of carbonyl (C=O) groups is 2. The summed E-state index contributed by atoms with van der Waals surface area (Å²) < 4.78 is 15.2. The standard InChI is InChI=1S/C20H13BrFNO3S/c21-11-6-7-14(22)12(8-11)13-9-15(24)23-17-16(10-4-2-1-3-5-10)19(20(25)26)27-18(13)17/h1-8,13H,9H2,(H,23,24)(H,25,26). The number of carboxylic acid groups (broad SMARTS) is 1. The summed E-state index contributed by atoms with van der Waals surface area (Å²) in [6.45, 7) is 0. The van der Waals surface area contributed by atoms with Crippen LogP contribution in [0.1, 0.15) is 32.5 Å². The smallest absolute Gasteiger partial charge is 0.346 e. The van der Waals surface area contributed by atoms with Crippen LogP contribution in [0.2, 0.25) is 0 Å². The van der Waals surface area contributed by atoms with Crippen LogP contribution in [0, 0.1) is 5.82 Å². The van der Waals surface area contributed by atoms with Gasteiger partial charge in [-0.05, 0) is 29.3 Å². The third-order valence-electron chi connectivity index (χ3n) is 4.50. The Bertz CT molecular complexity index is 1060. The van der Waals surface area contributed by atoms with Crippen LogP contribution in [-0.2, 0) is 4.79 Å². The summed E-state index contributed by atoms with van der Waals surface area (Å²) in [6, 6.07) is 13.6. The van der Waals surface area contributed by atoms with E-state index in [2.05, 4.69) is 21.2 Å². The lowest BCUT2D eigenvalue weighted by molar-refractivity contribution is -0.116. The predicted octanol–water partition coefficient (Wildman–Crippen LogP) is 5.49. The quantitative estimate of drug-likeness (QED) is 0.559. The number of fused-ring (bicyclic) bond motifs is 1. The first-order valence-corrected chi connectivity index (χ1v) is 9.77. The minimum absolute atomic E-state index is 0.0637. The minimum Gasteiger partial charge on any atom is -0.477 e. The fourth-order valence-corrected chi connectivity index (χ4v) is 4.97. The first-order chi connectivity index (χ1) is 13.0. The number of thiophene rings is 1. The highest BCUT2D eigenvalue weighted by molar-refractivity contribution is 9.10. The number of amides is 1. The molecule has 1 atom stereocenters. The van der Waals surface area contributed by atoms with E-state index >= 15 is 0 Å². The number of carboxylic acids is 1. The van der Waals surface area contributed by atoms with Gasteiger partial charge in [0.2, 0.25) is 5.91 Å². The molecule has 2 N–H and O–H groups in total. The zero-order valence-corrected chi connectivity index (χ0v) is 16.2. The molecule has 0 bridgehead atoms. The number of carbonyl (C=O) groups excluding carboxylic acids is 1. The van der Waals surface area contributed by atoms with Gasteiger partial charge in [-0.2, -0.15) is 0 Å². The summed E-state index contributed by atoms with van der Waals surface area (Å²) in [5.41, 5.74) is 2.00. The number of anilines is 1. The fraction of sp³-hybridized carbons (Fsp3) is 0.100. The molecule has 1 unspecified atom stereocenters. The van der Waals surface area contributed by atoms with Crippen molar-refractivity contribution in [2.24, 2.45) is 0 Å². The van der Waals surface area contributed by atoms with Gasteiger partial charge in [0, 0.05) is 27.3 Å². The van der Waals surface area contributed by atoms with Gasteiger partial charge < -0.3 is 10.4 Å². The second kappa shape index (κ2) is 6.90. The van der Waals surface area contributed by atoms with Gasteiger partial charge in [0.15, 0.2) is 0 Å². The van der Waals surface area contributed by atoms with Crippen LogP contribution in [0.3, 0.4) is 0 Å². The average molecular weight is 446 g/mol. The molecule has 27 heavy (non-hydrogen) atoms. The summed E-state index contributed by atoms with van der Waals surface area (Å²) in [6.07, 6.45) is 0.0637. The highest BCUT2D eigenvalue weighted by atomic mass is 79.9. The molecule has 2 heterocycles. The number of nitrogens with one attached hydrogen (secondary N) is 1. The van der Waals surface area contributed by atoms with Crippen LogP contribution in [0.15, 0.2) is 53.0 Å². The van der Waals surface area contributed by atoms with Crippen molar-refractivity contribution >= 4 is 44.8 Å². The monoisotopic (exact) mass is 445 g/mol. The van der Waals surface area contributed by atoms with Gasteiger partial charge in [-0.25, -0.2) is 9.18 Å². The molecule has 7 heteroatoms. The molecule has 0 saturated carbocycles. The maximum Gasteiger partial charge on any atom is 0.346 e. The van der Waals surface area contributed by atoms with E-state index in [4.69, 9.17) is 0 Å². The molecule has 0 aliphatic carbocycles. The summed E-state index contributed by atoms with van der Waals surface area (Å²) in [4.78, 5) is 25.0. The van der Waals surface area contributed by atoms with Crippen molar-refractivity contribution in [3.05, 3.63) is 74.1 Å². The molecule has 4 rings (SSSR count). The number of hydrogen-bond acceptors (Lipinski definition) is 3. The fourth-order valence-electron chi connectivity index (χ4n) is 3.35. The molecule has 136 valence electrons.